The first-order valence-corrected chi connectivity index (χ1v) is 16.3. The molecule has 6 rings (SSSR count). The first-order valence-electron chi connectivity index (χ1n) is 14.8. The average molecular weight is 638 g/mol. The maximum atomic E-state index is 13.8. The molecule has 1 amide bonds. The molecule has 0 aliphatic carbocycles. The van der Waals surface area contributed by atoms with E-state index in [4.69, 9.17) is 10.4 Å². The van der Waals surface area contributed by atoms with Gasteiger partial charge in [0.2, 0.25) is 11.9 Å². The third kappa shape index (κ3) is 6.09. The SMILES string of the molecule is CNc1cc(Nc2nc(Nc3ccc(N4CCN(C(C)=O)CC4)cc3)nc3c2ccn3S(=O)(=O)c2ccc(C)cc2)ccc1C=N. The highest BCUT2D eigenvalue weighted by atomic mass is 32.2. The lowest BCUT2D eigenvalue weighted by atomic mass is 10.1. The van der Waals surface area contributed by atoms with E-state index in [1.165, 1.54) is 16.4 Å². The number of amides is 1. The number of hydrogen-bond donors (Lipinski definition) is 4. The molecule has 0 atom stereocenters. The summed E-state index contributed by atoms with van der Waals surface area (Å²) in [4.78, 5) is 25.4. The zero-order chi connectivity index (χ0) is 32.4. The van der Waals surface area contributed by atoms with Crippen molar-refractivity contribution in [2.45, 2.75) is 18.7 Å². The van der Waals surface area contributed by atoms with E-state index in [1.54, 1.807) is 44.3 Å². The molecule has 13 heteroatoms. The van der Waals surface area contributed by atoms with Crippen LogP contribution in [0.1, 0.15) is 18.1 Å². The molecule has 0 bridgehead atoms. The molecule has 0 spiro atoms. The number of piperazine rings is 1. The first-order chi connectivity index (χ1) is 22.2. The minimum Gasteiger partial charge on any atom is -0.388 e. The van der Waals surface area contributed by atoms with Gasteiger partial charge in [-0.25, -0.2) is 12.4 Å². The van der Waals surface area contributed by atoms with Gasteiger partial charge in [-0.15, -0.1) is 0 Å². The second kappa shape index (κ2) is 12.5. The maximum Gasteiger partial charge on any atom is 0.269 e. The van der Waals surface area contributed by atoms with Crippen LogP contribution in [0.2, 0.25) is 0 Å². The number of carbonyl (C=O) groups excluding carboxylic acids is 1. The van der Waals surface area contributed by atoms with E-state index < -0.39 is 10.0 Å². The van der Waals surface area contributed by atoms with Gasteiger partial charge < -0.3 is 31.2 Å². The van der Waals surface area contributed by atoms with Crippen LogP contribution < -0.4 is 20.9 Å². The smallest absolute Gasteiger partial charge is 0.269 e. The summed E-state index contributed by atoms with van der Waals surface area (Å²) in [7, 11) is -2.18. The maximum absolute atomic E-state index is 13.8. The Morgan fingerprint density at radius 2 is 1.59 bits per heavy atom. The van der Waals surface area contributed by atoms with Crippen molar-refractivity contribution in [2.75, 3.05) is 54.1 Å². The van der Waals surface area contributed by atoms with Crippen LogP contribution in [0.5, 0.6) is 0 Å². The van der Waals surface area contributed by atoms with Crippen LogP contribution in [0.25, 0.3) is 11.0 Å². The summed E-state index contributed by atoms with van der Waals surface area (Å²) < 4.78 is 28.7. The van der Waals surface area contributed by atoms with Crippen LogP contribution in [0, 0.1) is 12.3 Å². The number of rotatable bonds is 9. The molecule has 4 N–H and O–H groups in total. The molecule has 3 heterocycles. The lowest BCUT2D eigenvalue weighted by Gasteiger charge is -2.35. The Hall–Kier alpha value is -5.43. The van der Waals surface area contributed by atoms with Crippen LogP contribution in [-0.2, 0) is 14.8 Å². The van der Waals surface area contributed by atoms with Crippen LogP contribution in [0.15, 0.2) is 83.9 Å². The second-order valence-corrected chi connectivity index (χ2v) is 12.9. The van der Waals surface area contributed by atoms with Gasteiger partial charge in [0.05, 0.1) is 10.3 Å². The summed E-state index contributed by atoms with van der Waals surface area (Å²) in [6.07, 6.45) is 2.76. The van der Waals surface area contributed by atoms with Gasteiger partial charge in [0.25, 0.3) is 10.0 Å². The molecular weight excluding hydrogens is 602 g/mol. The normalized spacial score (nSPS) is 13.5. The van der Waals surface area contributed by atoms with Gasteiger partial charge >= 0.3 is 0 Å². The largest absolute Gasteiger partial charge is 0.388 e. The number of anilines is 6. The quantitative estimate of drug-likeness (QED) is 0.161. The van der Waals surface area contributed by atoms with E-state index in [0.29, 0.717) is 30.0 Å². The number of benzene rings is 3. The van der Waals surface area contributed by atoms with Gasteiger partial charge in [-0.2, -0.15) is 9.97 Å². The molecule has 46 heavy (non-hydrogen) atoms. The lowest BCUT2D eigenvalue weighted by molar-refractivity contribution is -0.129. The molecule has 1 aliphatic rings. The van der Waals surface area contributed by atoms with E-state index in [0.717, 1.165) is 41.3 Å². The van der Waals surface area contributed by atoms with Gasteiger partial charge in [0.15, 0.2) is 5.65 Å². The molecule has 0 saturated carbocycles. The zero-order valence-corrected chi connectivity index (χ0v) is 26.6. The molecule has 0 unspecified atom stereocenters. The lowest BCUT2D eigenvalue weighted by Crippen LogP contribution is -2.48. The molecule has 0 radical (unpaired) electrons. The first kappa shape index (κ1) is 30.6. The van der Waals surface area contributed by atoms with Crippen LogP contribution in [0.3, 0.4) is 0 Å². The minimum absolute atomic E-state index is 0.0914. The fourth-order valence-corrected chi connectivity index (χ4v) is 6.73. The Morgan fingerprint density at radius 1 is 0.891 bits per heavy atom. The van der Waals surface area contributed by atoms with Gasteiger partial charge in [-0.05, 0) is 67.6 Å². The fraction of sp³-hybridized carbons (Fsp3) is 0.212. The van der Waals surface area contributed by atoms with Crippen LogP contribution in [-0.4, -0.2) is 72.6 Å². The fourth-order valence-electron chi connectivity index (χ4n) is 5.44. The zero-order valence-electron chi connectivity index (χ0n) is 25.8. The molecule has 3 aromatic carbocycles. The number of nitrogens with zero attached hydrogens (tertiary/aromatic N) is 5. The Balaban J connectivity index is 1.36. The summed E-state index contributed by atoms with van der Waals surface area (Å²) in [5.41, 5.74) is 5.11. The predicted molar refractivity (Wildman–Crippen MR) is 183 cm³/mol. The molecule has 5 aromatic rings. The standard InChI is InChI=1S/C33H35N9O3S/c1-22-4-12-28(13-5-22)46(44,45)42-15-14-29-31(36-26-7-6-24(21-34)30(20-26)35-3)38-33(39-32(29)42)37-25-8-10-27(11-9-25)41-18-16-40(17-19-41)23(2)43/h4-15,20-21,34-35H,16-19H2,1-3H3,(H2,36,37,38,39). The Morgan fingerprint density at radius 3 is 2.24 bits per heavy atom. The van der Waals surface area contributed by atoms with Crippen molar-refractivity contribution in [3.63, 3.8) is 0 Å². The summed E-state index contributed by atoms with van der Waals surface area (Å²) in [6.45, 7) is 6.38. The van der Waals surface area contributed by atoms with Gasteiger partial charge in [0.1, 0.15) is 5.82 Å². The van der Waals surface area contributed by atoms with Gasteiger partial charge in [0, 0.05) is 80.9 Å². The Bertz CT molecular complexity index is 2020. The average Bonchev–Trinajstić information content (AvgIpc) is 3.50. The van der Waals surface area contributed by atoms with Crippen LogP contribution in [0.4, 0.5) is 34.5 Å². The Labute approximate surface area is 267 Å². The third-order valence-corrected chi connectivity index (χ3v) is 9.72. The Kier molecular flexibility index (Phi) is 8.33. The topological polar surface area (TPSA) is 148 Å². The van der Waals surface area contributed by atoms with Crippen molar-refractivity contribution in [3.05, 3.63) is 90.1 Å². The van der Waals surface area contributed by atoms with Crippen LogP contribution >= 0.6 is 0 Å². The van der Waals surface area contributed by atoms with Crippen molar-refractivity contribution < 1.29 is 13.2 Å². The van der Waals surface area contributed by atoms with E-state index in [2.05, 4.69) is 25.8 Å². The highest BCUT2D eigenvalue weighted by Crippen LogP contribution is 2.31. The van der Waals surface area contributed by atoms with Crippen molar-refractivity contribution >= 4 is 67.7 Å². The number of aromatic nitrogens is 3. The van der Waals surface area contributed by atoms with E-state index >= 15 is 0 Å². The molecular formula is C33H35N9O3S. The van der Waals surface area contributed by atoms with Crippen molar-refractivity contribution in [2.24, 2.45) is 0 Å². The number of hydrogen-bond acceptors (Lipinski definition) is 10. The third-order valence-electron chi connectivity index (χ3n) is 8.04. The highest BCUT2D eigenvalue weighted by Gasteiger charge is 2.23. The van der Waals surface area contributed by atoms with Crippen molar-refractivity contribution in [1.82, 2.24) is 18.8 Å². The molecule has 1 saturated heterocycles. The molecule has 2 aromatic heterocycles. The monoisotopic (exact) mass is 637 g/mol. The summed E-state index contributed by atoms with van der Waals surface area (Å²) in [5.74, 6) is 0.713. The number of nitrogens with one attached hydrogen (secondary N) is 4. The molecule has 1 aliphatic heterocycles. The van der Waals surface area contributed by atoms with Crippen molar-refractivity contribution in [3.8, 4) is 0 Å². The highest BCUT2D eigenvalue weighted by molar-refractivity contribution is 7.90. The summed E-state index contributed by atoms with van der Waals surface area (Å²) in [6, 6.07) is 21.7. The van der Waals surface area contributed by atoms with Crippen molar-refractivity contribution in [1.29, 1.82) is 5.41 Å². The summed E-state index contributed by atoms with van der Waals surface area (Å²) in [5, 5.41) is 17.9. The number of aryl methyl sites for hydroxylation is 1. The molecule has 1 fully saturated rings. The minimum atomic E-state index is -3.96. The van der Waals surface area contributed by atoms with E-state index in [9.17, 15) is 13.2 Å². The van der Waals surface area contributed by atoms with E-state index in [1.807, 2.05) is 54.3 Å². The molecule has 12 nitrogen and oxygen atoms in total. The molecule has 236 valence electrons. The number of fused-ring (bicyclic) bond motifs is 1. The summed E-state index contributed by atoms with van der Waals surface area (Å²) >= 11 is 0. The second-order valence-electron chi connectivity index (χ2n) is 11.0. The van der Waals surface area contributed by atoms with Gasteiger partial charge in [-0.1, -0.05) is 17.7 Å². The van der Waals surface area contributed by atoms with E-state index in [-0.39, 0.29) is 22.4 Å². The van der Waals surface area contributed by atoms with Gasteiger partial charge in [-0.3, -0.25) is 4.79 Å². The number of carbonyl (C=O) groups is 1. The predicted octanol–water partition coefficient (Wildman–Crippen LogP) is 5.17.